The maximum atomic E-state index is 12.0. The second kappa shape index (κ2) is 7.89. The van der Waals surface area contributed by atoms with Crippen LogP contribution in [0, 0.1) is 24.2 Å². The van der Waals surface area contributed by atoms with Gasteiger partial charge >= 0.3 is 0 Å². The molecule has 2 unspecified atom stereocenters. The van der Waals surface area contributed by atoms with Crippen LogP contribution in [0.3, 0.4) is 0 Å². The highest BCUT2D eigenvalue weighted by molar-refractivity contribution is 5.80. The molecule has 0 aliphatic heterocycles. The van der Waals surface area contributed by atoms with Crippen LogP contribution >= 0.6 is 0 Å². The Morgan fingerprint density at radius 1 is 1.29 bits per heavy atom. The first-order valence-electron chi connectivity index (χ1n) is 7.14. The minimum Gasteiger partial charge on any atom is -0.299 e. The van der Waals surface area contributed by atoms with E-state index in [4.69, 9.17) is 0 Å². The molecular formula is C16H31O. The molecule has 1 radical (unpaired) electrons. The van der Waals surface area contributed by atoms with E-state index in [1.807, 2.05) is 0 Å². The molecule has 0 spiro atoms. The van der Waals surface area contributed by atoms with Crippen molar-refractivity contribution >= 4 is 5.78 Å². The summed E-state index contributed by atoms with van der Waals surface area (Å²) >= 11 is 0. The van der Waals surface area contributed by atoms with Gasteiger partial charge in [-0.3, -0.25) is 4.79 Å². The first-order chi connectivity index (χ1) is 7.82. The fraction of sp³-hybridized carbons (Fsp3) is 0.875. The van der Waals surface area contributed by atoms with E-state index in [1.54, 1.807) is 0 Å². The molecule has 1 heteroatoms. The minimum atomic E-state index is 0.198. The van der Waals surface area contributed by atoms with Gasteiger partial charge < -0.3 is 0 Å². The Bertz CT molecular complexity index is 218. The third kappa shape index (κ3) is 7.57. The van der Waals surface area contributed by atoms with Crippen molar-refractivity contribution in [3.05, 3.63) is 6.92 Å². The SMILES string of the molecule is [CH2]CC(C)(C)CC(C)C(=O)CCCC(C)CC. The van der Waals surface area contributed by atoms with E-state index in [0.29, 0.717) is 5.78 Å². The van der Waals surface area contributed by atoms with Gasteiger partial charge in [-0.1, -0.05) is 54.4 Å². The third-order valence-electron chi connectivity index (χ3n) is 3.90. The first-order valence-corrected chi connectivity index (χ1v) is 7.14. The largest absolute Gasteiger partial charge is 0.299 e. The highest BCUT2D eigenvalue weighted by Gasteiger charge is 2.22. The van der Waals surface area contributed by atoms with Crippen molar-refractivity contribution in [2.24, 2.45) is 17.3 Å². The number of rotatable bonds is 9. The van der Waals surface area contributed by atoms with Gasteiger partial charge in [-0.05, 0) is 30.6 Å². The average Bonchev–Trinajstić information content (AvgIpc) is 2.28. The minimum absolute atomic E-state index is 0.198. The van der Waals surface area contributed by atoms with Crippen molar-refractivity contribution in [1.82, 2.24) is 0 Å². The van der Waals surface area contributed by atoms with Crippen molar-refractivity contribution in [2.75, 3.05) is 0 Å². The summed E-state index contributed by atoms with van der Waals surface area (Å²) in [5.41, 5.74) is 0.200. The average molecular weight is 239 g/mol. The van der Waals surface area contributed by atoms with Crippen LogP contribution in [0.15, 0.2) is 0 Å². The summed E-state index contributed by atoms with van der Waals surface area (Å²) in [7, 11) is 0. The monoisotopic (exact) mass is 239 g/mol. The summed E-state index contributed by atoms with van der Waals surface area (Å²) in [5, 5.41) is 0. The fourth-order valence-electron chi connectivity index (χ4n) is 2.12. The van der Waals surface area contributed by atoms with Crippen LogP contribution in [-0.2, 0) is 4.79 Å². The molecule has 0 bridgehead atoms. The Morgan fingerprint density at radius 2 is 1.88 bits per heavy atom. The molecular weight excluding hydrogens is 208 g/mol. The van der Waals surface area contributed by atoms with Crippen molar-refractivity contribution < 1.29 is 4.79 Å². The lowest BCUT2D eigenvalue weighted by Gasteiger charge is -2.25. The molecule has 0 saturated carbocycles. The lowest BCUT2D eigenvalue weighted by Crippen LogP contribution is -2.20. The standard InChI is InChI=1S/C16H31O/c1-7-13(3)10-9-11-15(17)14(4)12-16(5,6)8-2/h13-14H,2,7-12H2,1,3-6H3. The van der Waals surface area contributed by atoms with Crippen molar-refractivity contribution in [2.45, 2.75) is 73.1 Å². The zero-order valence-electron chi connectivity index (χ0n) is 12.5. The van der Waals surface area contributed by atoms with E-state index in [9.17, 15) is 4.79 Å². The Hall–Kier alpha value is -0.330. The summed E-state index contributed by atoms with van der Waals surface area (Å²) in [6.45, 7) is 14.9. The number of Topliss-reactive ketones (excluding diaryl/α,β-unsaturated/α-hetero) is 1. The number of hydrogen-bond donors (Lipinski definition) is 0. The van der Waals surface area contributed by atoms with Gasteiger partial charge in [0.15, 0.2) is 0 Å². The van der Waals surface area contributed by atoms with Crippen LogP contribution in [0.1, 0.15) is 73.1 Å². The van der Waals surface area contributed by atoms with Gasteiger partial charge in [0.25, 0.3) is 0 Å². The van der Waals surface area contributed by atoms with Crippen molar-refractivity contribution in [1.29, 1.82) is 0 Å². The van der Waals surface area contributed by atoms with Crippen molar-refractivity contribution in [3.63, 3.8) is 0 Å². The lowest BCUT2D eigenvalue weighted by molar-refractivity contribution is -0.123. The molecule has 0 aromatic rings. The zero-order valence-corrected chi connectivity index (χ0v) is 12.5. The summed E-state index contributed by atoms with van der Waals surface area (Å²) in [6.07, 6.45) is 6.10. The molecule has 0 aliphatic rings. The third-order valence-corrected chi connectivity index (χ3v) is 3.90. The highest BCUT2D eigenvalue weighted by atomic mass is 16.1. The summed E-state index contributed by atoms with van der Waals surface area (Å²) in [6, 6.07) is 0. The fourth-order valence-corrected chi connectivity index (χ4v) is 2.12. The molecule has 0 saturated heterocycles. The van der Waals surface area contributed by atoms with Gasteiger partial charge in [-0.15, -0.1) is 0 Å². The van der Waals surface area contributed by atoms with Gasteiger partial charge in [-0.25, -0.2) is 0 Å². The molecule has 2 atom stereocenters. The maximum Gasteiger partial charge on any atom is 0.135 e. The number of ketones is 1. The van der Waals surface area contributed by atoms with Gasteiger partial charge in [0, 0.05) is 12.3 Å². The van der Waals surface area contributed by atoms with E-state index >= 15 is 0 Å². The summed E-state index contributed by atoms with van der Waals surface area (Å²) < 4.78 is 0. The van der Waals surface area contributed by atoms with Crippen LogP contribution in [0.2, 0.25) is 0 Å². The molecule has 0 N–H and O–H groups in total. The van der Waals surface area contributed by atoms with Crippen LogP contribution in [0.5, 0.6) is 0 Å². The van der Waals surface area contributed by atoms with E-state index < -0.39 is 0 Å². The second-order valence-electron chi connectivity index (χ2n) is 6.39. The van der Waals surface area contributed by atoms with Gasteiger partial charge in [0.2, 0.25) is 0 Å². The number of hydrogen-bond acceptors (Lipinski definition) is 1. The molecule has 0 rings (SSSR count). The van der Waals surface area contributed by atoms with Crippen LogP contribution in [-0.4, -0.2) is 5.78 Å². The van der Waals surface area contributed by atoms with Gasteiger partial charge in [0.1, 0.15) is 5.78 Å². The zero-order chi connectivity index (χ0) is 13.5. The molecule has 0 amide bonds. The molecule has 0 heterocycles. The lowest BCUT2D eigenvalue weighted by atomic mass is 9.79. The van der Waals surface area contributed by atoms with Crippen molar-refractivity contribution in [3.8, 4) is 0 Å². The van der Waals surface area contributed by atoms with Gasteiger partial charge in [-0.2, -0.15) is 0 Å². The normalized spacial score (nSPS) is 15.6. The number of carbonyl (C=O) groups is 1. The summed E-state index contributed by atoms with van der Waals surface area (Å²) in [5.74, 6) is 1.40. The molecule has 0 aliphatic carbocycles. The van der Waals surface area contributed by atoms with E-state index in [1.165, 1.54) is 12.8 Å². The van der Waals surface area contributed by atoms with E-state index in [0.717, 1.165) is 31.6 Å². The topological polar surface area (TPSA) is 17.1 Å². The Labute approximate surface area is 108 Å². The van der Waals surface area contributed by atoms with Crippen LogP contribution < -0.4 is 0 Å². The Morgan fingerprint density at radius 3 is 2.35 bits per heavy atom. The first kappa shape index (κ1) is 16.7. The molecule has 1 nitrogen and oxygen atoms in total. The maximum absolute atomic E-state index is 12.0. The van der Waals surface area contributed by atoms with E-state index in [2.05, 4.69) is 41.5 Å². The molecule has 0 aromatic carbocycles. The molecule has 0 aromatic heterocycles. The Balaban J connectivity index is 3.90. The van der Waals surface area contributed by atoms with Gasteiger partial charge in [0.05, 0.1) is 0 Å². The predicted octanol–water partition coefficient (Wildman–Crippen LogP) is 5.05. The summed E-state index contributed by atoms with van der Waals surface area (Å²) in [4.78, 5) is 12.0. The molecule has 101 valence electrons. The van der Waals surface area contributed by atoms with Crippen LogP contribution in [0.25, 0.3) is 0 Å². The smallest absolute Gasteiger partial charge is 0.135 e. The second-order valence-corrected chi connectivity index (χ2v) is 6.39. The quantitative estimate of drug-likeness (QED) is 0.550. The predicted molar refractivity (Wildman–Crippen MR) is 75.8 cm³/mol. The number of carbonyl (C=O) groups excluding carboxylic acids is 1. The molecule has 17 heavy (non-hydrogen) atoms. The van der Waals surface area contributed by atoms with Crippen LogP contribution in [0.4, 0.5) is 0 Å². The highest BCUT2D eigenvalue weighted by Crippen LogP contribution is 2.29. The Kier molecular flexibility index (Phi) is 7.74. The molecule has 0 fully saturated rings. The van der Waals surface area contributed by atoms with E-state index in [-0.39, 0.29) is 11.3 Å².